The molecular formula is C19H21N3O4S. The van der Waals surface area contributed by atoms with Gasteiger partial charge in [-0.25, -0.2) is 0 Å². The van der Waals surface area contributed by atoms with Crippen LogP contribution in [0.2, 0.25) is 0 Å². The predicted molar refractivity (Wildman–Crippen MR) is 104 cm³/mol. The van der Waals surface area contributed by atoms with Gasteiger partial charge in [0.05, 0.1) is 10.5 Å². The molecule has 3 rings (SSSR count). The summed E-state index contributed by atoms with van der Waals surface area (Å²) in [4.78, 5) is 36.3. The maximum atomic E-state index is 12.6. The molecule has 0 radical (unpaired) electrons. The van der Waals surface area contributed by atoms with Crippen molar-refractivity contribution in [1.29, 1.82) is 0 Å². The molecule has 142 valence electrons. The van der Waals surface area contributed by atoms with Crippen molar-refractivity contribution in [1.82, 2.24) is 0 Å². The summed E-state index contributed by atoms with van der Waals surface area (Å²) in [6.07, 6.45) is 4.86. The topological polar surface area (TPSA) is 115 Å². The number of thiophene rings is 1. The second-order valence-electron chi connectivity index (χ2n) is 6.70. The lowest BCUT2D eigenvalue weighted by Gasteiger charge is -2.21. The first-order chi connectivity index (χ1) is 12.9. The minimum absolute atomic E-state index is 0.0480. The molecule has 0 saturated carbocycles. The third-order valence-electron chi connectivity index (χ3n) is 4.88. The van der Waals surface area contributed by atoms with Gasteiger partial charge in [0, 0.05) is 10.9 Å². The number of carbonyl (C=O) groups is 2. The summed E-state index contributed by atoms with van der Waals surface area (Å²) >= 11 is 1.35. The molecule has 0 spiro atoms. The Morgan fingerprint density at radius 2 is 2.11 bits per heavy atom. The first-order valence-electron chi connectivity index (χ1n) is 8.91. The zero-order chi connectivity index (χ0) is 19.6. The lowest BCUT2D eigenvalue weighted by Crippen LogP contribution is -2.20. The fourth-order valence-electron chi connectivity index (χ4n) is 3.65. The fourth-order valence-corrected chi connectivity index (χ4v) is 5.02. The summed E-state index contributed by atoms with van der Waals surface area (Å²) in [6.45, 7) is 2.15. The molecule has 1 aliphatic rings. The van der Waals surface area contributed by atoms with Gasteiger partial charge in [-0.05, 0) is 36.8 Å². The highest BCUT2D eigenvalue weighted by atomic mass is 32.1. The van der Waals surface area contributed by atoms with Crippen molar-refractivity contribution in [2.24, 2.45) is 11.7 Å². The van der Waals surface area contributed by atoms with Gasteiger partial charge in [-0.15, -0.1) is 11.3 Å². The summed E-state index contributed by atoms with van der Waals surface area (Å²) in [6, 6.07) is 5.73. The highest BCUT2D eigenvalue weighted by Crippen LogP contribution is 2.40. The lowest BCUT2D eigenvalue weighted by atomic mass is 9.84. The number of amides is 2. The first kappa shape index (κ1) is 19.0. The summed E-state index contributed by atoms with van der Waals surface area (Å²) in [5, 5.41) is 14.2. The molecule has 1 unspecified atom stereocenters. The second-order valence-corrected chi connectivity index (χ2v) is 7.80. The Bertz CT molecular complexity index is 906. The van der Waals surface area contributed by atoms with E-state index in [4.69, 9.17) is 5.73 Å². The number of nitro benzene ring substituents is 1. The Balaban J connectivity index is 1.93. The highest BCUT2D eigenvalue weighted by molar-refractivity contribution is 7.17. The largest absolute Gasteiger partial charge is 0.365 e. The Labute approximate surface area is 160 Å². The van der Waals surface area contributed by atoms with Gasteiger partial charge in [-0.1, -0.05) is 31.9 Å². The number of primary amides is 1. The minimum Gasteiger partial charge on any atom is -0.365 e. The molecule has 0 aliphatic heterocycles. The van der Waals surface area contributed by atoms with Crippen molar-refractivity contribution < 1.29 is 14.5 Å². The molecule has 3 N–H and O–H groups in total. The number of anilines is 1. The van der Waals surface area contributed by atoms with Crippen LogP contribution in [-0.2, 0) is 12.8 Å². The van der Waals surface area contributed by atoms with E-state index in [0.717, 1.165) is 42.5 Å². The molecule has 0 bridgehead atoms. The van der Waals surface area contributed by atoms with E-state index < -0.39 is 16.7 Å². The van der Waals surface area contributed by atoms with Gasteiger partial charge in [0.2, 0.25) is 0 Å². The molecule has 27 heavy (non-hydrogen) atoms. The van der Waals surface area contributed by atoms with Crippen LogP contribution < -0.4 is 11.1 Å². The number of nitrogens with one attached hydrogen (secondary N) is 1. The van der Waals surface area contributed by atoms with Crippen molar-refractivity contribution in [3.63, 3.8) is 0 Å². The Morgan fingerprint density at radius 1 is 1.37 bits per heavy atom. The van der Waals surface area contributed by atoms with Crippen molar-refractivity contribution in [2.45, 2.75) is 39.0 Å². The molecule has 1 heterocycles. The average molecular weight is 387 g/mol. The average Bonchev–Trinajstić information content (AvgIpc) is 2.99. The lowest BCUT2D eigenvalue weighted by molar-refractivity contribution is -0.385. The van der Waals surface area contributed by atoms with Crippen LogP contribution in [0.1, 0.15) is 57.3 Å². The van der Waals surface area contributed by atoms with Gasteiger partial charge in [0.15, 0.2) is 0 Å². The van der Waals surface area contributed by atoms with E-state index in [-0.39, 0.29) is 11.3 Å². The SMILES string of the molecule is CCCC1CCc2c(sc(NC(=O)c3ccccc3[N+](=O)[O-])c2C(N)=O)C1. The van der Waals surface area contributed by atoms with Gasteiger partial charge in [0.1, 0.15) is 10.6 Å². The predicted octanol–water partition coefficient (Wildman–Crippen LogP) is 3.91. The zero-order valence-corrected chi connectivity index (χ0v) is 15.8. The molecule has 1 aromatic carbocycles. The van der Waals surface area contributed by atoms with Gasteiger partial charge in [0.25, 0.3) is 17.5 Å². The van der Waals surface area contributed by atoms with E-state index in [1.165, 1.54) is 29.5 Å². The molecule has 1 atom stereocenters. The van der Waals surface area contributed by atoms with E-state index in [1.807, 2.05) is 0 Å². The summed E-state index contributed by atoms with van der Waals surface area (Å²) < 4.78 is 0. The molecule has 2 aromatic rings. The van der Waals surface area contributed by atoms with Crippen LogP contribution in [0, 0.1) is 16.0 Å². The van der Waals surface area contributed by atoms with Crippen LogP contribution in [0.15, 0.2) is 24.3 Å². The van der Waals surface area contributed by atoms with Crippen LogP contribution >= 0.6 is 11.3 Å². The Hall–Kier alpha value is -2.74. The standard InChI is InChI=1S/C19H21N3O4S/c1-2-5-11-8-9-13-15(10-11)27-19(16(13)17(20)23)21-18(24)12-6-3-4-7-14(12)22(25)26/h3-4,6-7,11H,2,5,8-10H2,1H3,(H2,20,23)(H,21,24). The molecular weight excluding hydrogens is 366 g/mol. The quantitative estimate of drug-likeness (QED) is 0.577. The van der Waals surface area contributed by atoms with Crippen LogP contribution in [0.25, 0.3) is 0 Å². The number of rotatable bonds is 6. The number of para-hydroxylation sites is 1. The van der Waals surface area contributed by atoms with E-state index in [9.17, 15) is 19.7 Å². The molecule has 2 amide bonds. The van der Waals surface area contributed by atoms with Gasteiger partial charge < -0.3 is 11.1 Å². The second kappa shape index (κ2) is 7.87. The van der Waals surface area contributed by atoms with Crippen LogP contribution in [0.5, 0.6) is 0 Å². The third-order valence-corrected chi connectivity index (χ3v) is 6.05. The van der Waals surface area contributed by atoms with E-state index >= 15 is 0 Å². The molecule has 0 fully saturated rings. The minimum atomic E-state index is -0.617. The van der Waals surface area contributed by atoms with Gasteiger partial charge in [-0.3, -0.25) is 19.7 Å². The van der Waals surface area contributed by atoms with Crippen LogP contribution in [0.3, 0.4) is 0 Å². The van der Waals surface area contributed by atoms with E-state index in [2.05, 4.69) is 12.2 Å². The van der Waals surface area contributed by atoms with E-state index in [1.54, 1.807) is 6.07 Å². The van der Waals surface area contributed by atoms with Crippen molar-refractivity contribution in [3.8, 4) is 0 Å². The summed E-state index contributed by atoms with van der Waals surface area (Å²) in [7, 11) is 0. The molecule has 8 heteroatoms. The Kier molecular flexibility index (Phi) is 5.55. The summed E-state index contributed by atoms with van der Waals surface area (Å²) in [5.41, 5.74) is 6.51. The van der Waals surface area contributed by atoms with Crippen LogP contribution in [-0.4, -0.2) is 16.7 Å². The number of hydrogen-bond donors (Lipinski definition) is 2. The number of fused-ring (bicyclic) bond motifs is 1. The van der Waals surface area contributed by atoms with Gasteiger partial charge >= 0.3 is 0 Å². The van der Waals surface area contributed by atoms with Gasteiger partial charge in [-0.2, -0.15) is 0 Å². The molecule has 1 aromatic heterocycles. The van der Waals surface area contributed by atoms with E-state index in [0.29, 0.717) is 16.5 Å². The molecule has 0 saturated heterocycles. The maximum absolute atomic E-state index is 12.6. The smallest absolute Gasteiger partial charge is 0.282 e. The number of hydrogen-bond acceptors (Lipinski definition) is 5. The van der Waals surface area contributed by atoms with Crippen molar-refractivity contribution in [3.05, 3.63) is 55.9 Å². The zero-order valence-electron chi connectivity index (χ0n) is 15.0. The normalized spacial score (nSPS) is 15.8. The Morgan fingerprint density at radius 3 is 2.78 bits per heavy atom. The molecule has 1 aliphatic carbocycles. The fraction of sp³-hybridized carbons (Fsp3) is 0.368. The number of benzene rings is 1. The van der Waals surface area contributed by atoms with Crippen molar-refractivity contribution in [2.75, 3.05) is 5.32 Å². The summed E-state index contributed by atoms with van der Waals surface area (Å²) in [5.74, 6) is -0.631. The number of carbonyl (C=O) groups excluding carboxylic acids is 2. The van der Waals surface area contributed by atoms with Crippen LogP contribution in [0.4, 0.5) is 10.7 Å². The number of nitrogens with zero attached hydrogens (tertiary/aromatic N) is 1. The first-order valence-corrected chi connectivity index (χ1v) is 9.73. The number of nitro groups is 1. The number of nitrogens with two attached hydrogens (primary N) is 1. The molecule has 7 nitrogen and oxygen atoms in total. The monoisotopic (exact) mass is 387 g/mol. The highest BCUT2D eigenvalue weighted by Gasteiger charge is 2.29. The maximum Gasteiger partial charge on any atom is 0.282 e. The van der Waals surface area contributed by atoms with Crippen molar-refractivity contribution >= 4 is 33.8 Å². The third kappa shape index (κ3) is 3.85.